The molecule has 1 heterocycles. The molecule has 0 aliphatic carbocycles. The predicted octanol–water partition coefficient (Wildman–Crippen LogP) is 4.34. The number of rotatable bonds is 8. The summed E-state index contributed by atoms with van der Waals surface area (Å²) in [6.45, 7) is 6.39. The highest BCUT2D eigenvalue weighted by atomic mass is 79.9. The molecule has 4 heteroatoms. The number of halogens is 1. The average molecular weight is 350 g/mol. The van der Waals surface area contributed by atoms with E-state index in [0.717, 1.165) is 36.8 Å². The molecule has 1 N–H and O–H groups in total. The van der Waals surface area contributed by atoms with E-state index in [1.54, 1.807) is 0 Å². The normalized spacial score (nSPS) is 12.5. The lowest BCUT2D eigenvalue weighted by molar-refractivity contribution is 0.468. The summed E-state index contributed by atoms with van der Waals surface area (Å²) < 4.78 is 3.27. The van der Waals surface area contributed by atoms with E-state index in [2.05, 4.69) is 75.2 Å². The molecule has 2 aromatic rings. The van der Waals surface area contributed by atoms with Gasteiger partial charge in [-0.2, -0.15) is 5.10 Å². The SMILES string of the molecule is CCCNC(Cc1cccc(Br)c1)c1ccnn1CCC. The van der Waals surface area contributed by atoms with Gasteiger partial charge in [-0.1, -0.05) is 41.9 Å². The molecule has 0 saturated carbocycles. The van der Waals surface area contributed by atoms with Crippen LogP contribution in [0.5, 0.6) is 0 Å². The minimum Gasteiger partial charge on any atom is -0.308 e. The van der Waals surface area contributed by atoms with E-state index in [4.69, 9.17) is 0 Å². The van der Waals surface area contributed by atoms with E-state index in [0.29, 0.717) is 6.04 Å². The van der Waals surface area contributed by atoms with Gasteiger partial charge in [0.15, 0.2) is 0 Å². The molecule has 1 atom stereocenters. The predicted molar refractivity (Wildman–Crippen MR) is 91.4 cm³/mol. The molecule has 0 fully saturated rings. The third-order valence-corrected chi connectivity index (χ3v) is 4.00. The molecule has 114 valence electrons. The Kier molecular flexibility index (Phi) is 6.46. The molecule has 0 aliphatic rings. The Hall–Kier alpha value is -1.13. The second-order valence-electron chi connectivity index (χ2n) is 5.32. The molecule has 0 radical (unpaired) electrons. The van der Waals surface area contributed by atoms with Crippen LogP contribution in [0.15, 0.2) is 41.0 Å². The first-order valence-corrected chi connectivity index (χ1v) is 8.53. The Morgan fingerprint density at radius 3 is 2.81 bits per heavy atom. The Morgan fingerprint density at radius 1 is 1.24 bits per heavy atom. The van der Waals surface area contributed by atoms with Gasteiger partial charge in [0, 0.05) is 17.2 Å². The Labute approximate surface area is 135 Å². The van der Waals surface area contributed by atoms with Crippen molar-refractivity contribution in [3.63, 3.8) is 0 Å². The van der Waals surface area contributed by atoms with E-state index >= 15 is 0 Å². The summed E-state index contributed by atoms with van der Waals surface area (Å²) in [5.41, 5.74) is 2.62. The van der Waals surface area contributed by atoms with Crippen molar-refractivity contribution >= 4 is 15.9 Å². The Morgan fingerprint density at radius 2 is 2.10 bits per heavy atom. The maximum Gasteiger partial charge on any atom is 0.0556 e. The van der Waals surface area contributed by atoms with Crippen LogP contribution in [-0.2, 0) is 13.0 Å². The van der Waals surface area contributed by atoms with Crippen LogP contribution in [0.4, 0.5) is 0 Å². The van der Waals surface area contributed by atoms with E-state index in [1.807, 2.05) is 6.20 Å². The molecule has 0 saturated heterocycles. The van der Waals surface area contributed by atoms with Crippen molar-refractivity contribution in [1.82, 2.24) is 15.1 Å². The Balaban J connectivity index is 2.19. The first-order valence-electron chi connectivity index (χ1n) is 7.74. The highest BCUT2D eigenvalue weighted by molar-refractivity contribution is 9.10. The molecular weight excluding hydrogens is 326 g/mol. The van der Waals surface area contributed by atoms with Gasteiger partial charge in [0.1, 0.15) is 0 Å². The van der Waals surface area contributed by atoms with Crippen molar-refractivity contribution < 1.29 is 0 Å². The lowest BCUT2D eigenvalue weighted by Gasteiger charge is -2.20. The van der Waals surface area contributed by atoms with Gasteiger partial charge in [-0.25, -0.2) is 0 Å². The molecule has 2 rings (SSSR count). The maximum atomic E-state index is 4.46. The number of nitrogens with one attached hydrogen (secondary N) is 1. The van der Waals surface area contributed by atoms with Crippen molar-refractivity contribution in [3.8, 4) is 0 Å². The maximum absolute atomic E-state index is 4.46. The summed E-state index contributed by atoms with van der Waals surface area (Å²) >= 11 is 3.55. The van der Waals surface area contributed by atoms with Crippen molar-refractivity contribution in [3.05, 3.63) is 52.3 Å². The van der Waals surface area contributed by atoms with Crippen LogP contribution in [-0.4, -0.2) is 16.3 Å². The molecule has 1 unspecified atom stereocenters. The highest BCUT2D eigenvalue weighted by Crippen LogP contribution is 2.21. The van der Waals surface area contributed by atoms with Gasteiger partial charge in [-0.3, -0.25) is 4.68 Å². The van der Waals surface area contributed by atoms with Crippen LogP contribution in [0, 0.1) is 0 Å². The number of aromatic nitrogens is 2. The molecule has 0 spiro atoms. The van der Waals surface area contributed by atoms with Crippen LogP contribution >= 0.6 is 15.9 Å². The van der Waals surface area contributed by atoms with Gasteiger partial charge < -0.3 is 5.32 Å². The monoisotopic (exact) mass is 349 g/mol. The van der Waals surface area contributed by atoms with Crippen LogP contribution in [0.1, 0.15) is 44.0 Å². The van der Waals surface area contributed by atoms with E-state index in [9.17, 15) is 0 Å². The number of hydrogen-bond donors (Lipinski definition) is 1. The summed E-state index contributed by atoms with van der Waals surface area (Å²) in [6.07, 6.45) is 5.13. The molecule has 1 aromatic carbocycles. The molecule has 1 aromatic heterocycles. The van der Waals surface area contributed by atoms with Crippen LogP contribution in [0.25, 0.3) is 0 Å². The number of hydrogen-bond acceptors (Lipinski definition) is 2. The summed E-state index contributed by atoms with van der Waals surface area (Å²) in [7, 11) is 0. The van der Waals surface area contributed by atoms with Gasteiger partial charge >= 0.3 is 0 Å². The van der Waals surface area contributed by atoms with Crippen LogP contribution in [0.3, 0.4) is 0 Å². The second-order valence-corrected chi connectivity index (χ2v) is 6.24. The Bertz CT molecular complexity index is 550. The fourth-order valence-electron chi connectivity index (χ4n) is 2.54. The third-order valence-electron chi connectivity index (χ3n) is 3.51. The van der Waals surface area contributed by atoms with Crippen molar-refractivity contribution in [2.45, 2.75) is 45.7 Å². The number of benzene rings is 1. The largest absolute Gasteiger partial charge is 0.308 e. The van der Waals surface area contributed by atoms with Crippen molar-refractivity contribution in [2.75, 3.05) is 6.54 Å². The highest BCUT2D eigenvalue weighted by Gasteiger charge is 2.16. The lowest BCUT2D eigenvalue weighted by atomic mass is 10.0. The topological polar surface area (TPSA) is 29.9 Å². The molecule has 21 heavy (non-hydrogen) atoms. The smallest absolute Gasteiger partial charge is 0.0556 e. The fraction of sp³-hybridized carbons (Fsp3) is 0.471. The van der Waals surface area contributed by atoms with Gasteiger partial charge in [0.2, 0.25) is 0 Å². The van der Waals surface area contributed by atoms with Crippen LogP contribution in [0.2, 0.25) is 0 Å². The molecule has 3 nitrogen and oxygen atoms in total. The zero-order valence-corrected chi connectivity index (χ0v) is 14.4. The zero-order chi connectivity index (χ0) is 15.1. The lowest BCUT2D eigenvalue weighted by Crippen LogP contribution is -2.26. The first kappa shape index (κ1) is 16.2. The number of aryl methyl sites for hydroxylation is 1. The summed E-state index contributed by atoms with van der Waals surface area (Å²) in [6, 6.07) is 11.0. The molecular formula is C17H24BrN3. The first-order chi connectivity index (χ1) is 10.2. The van der Waals surface area contributed by atoms with E-state index in [1.165, 1.54) is 11.3 Å². The van der Waals surface area contributed by atoms with Gasteiger partial charge in [0.25, 0.3) is 0 Å². The third kappa shape index (κ3) is 4.68. The van der Waals surface area contributed by atoms with E-state index in [-0.39, 0.29) is 0 Å². The standard InChI is InChI=1S/C17H24BrN3/c1-3-9-19-16(13-14-6-5-7-15(18)12-14)17-8-10-20-21(17)11-4-2/h5-8,10,12,16,19H,3-4,9,11,13H2,1-2H3. The van der Waals surface area contributed by atoms with Gasteiger partial charge in [-0.05, 0) is 49.6 Å². The quantitative estimate of drug-likeness (QED) is 0.768. The van der Waals surface area contributed by atoms with Gasteiger partial charge in [0.05, 0.1) is 11.7 Å². The molecule has 0 aliphatic heterocycles. The zero-order valence-electron chi connectivity index (χ0n) is 12.8. The van der Waals surface area contributed by atoms with Crippen molar-refractivity contribution in [2.24, 2.45) is 0 Å². The molecule has 0 amide bonds. The minimum atomic E-state index is 0.313. The summed E-state index contributed by atoms with van der Waals surface area (Å²) in [4.78, 5) is 0. The summed E-state index contributed by atoms with van der Waals surface area (Å²) in [5, 5.41) is 8.12. The summed E-state index contributed by atoms with van der Waals surface area (Å²) in [5.74, 6) is 0. The second kappa shape index (κ2) is 8.35. The molecule has 0 bridgehead atoms. The number of nitrogens with zero attached hydrogens (tertiary/aromatic N) is 2. The minimum absolute atomic E-state index is 0.313. The van der Waals surface area contributed by atoms with Crippen molar-refractivity contribution in [1.29, 1.82) is 0 Å². The van der Waals surface area contributed by atoms with Gasteiger partial charge in [-0.15, -0.1) is 0 Å². The average Bonchev–Trinajstić information content (AvgIpc) is 2.92. The van der Waals surface area contributed by atoms with E-state index < -0.39 is 0 Å². The fourth-order valence-corrected chi connectivity index (χ4v) is 2.98. The van der Waals surface area contributed by atoms with Crippen LogP contribution < -0.4 is 5.32 Å².